The Labute approximate surface area is 55.2 Å². The zero-order chi connectivity index (χ0) is 7.07. The van der Waals surface area contributed by atoms with Gasteiger partial charge in [0.05, 0.1) is 5.54 Å². The summed E-state index contributed by atoms with van der Waals surface area (Å²) in [5.74, 6) is 0.130. The van der Waals surface area contributed by atoms with Gasteiger partial charge in [-0.3, -0.25) is 9.69 Å². The molecule has 1 rings (SSSR count). The van der Waals surface area contributed by atoms with Crippen molar-refractivity contribution >= 4 is 5.78 Å². The summed E-state index contributed by atoms with van der Waals surface area (Å²) in [5.41, 5.74) is -0.207. The highest BCUT2D eigenvalue weighted by atomic mass is 16.1. The predicted octanol–water partition coefficient (Wildman–Crippen LogP) is 0.446. The SMILES string of the molecule is C=CC(=O)C1(C)CN1C. The van der Waals surface area contributed by atoms with E-state index in [-0.39, 0.29) is 11.3 Å². The Kier molecular flexibility index (Phi) is 1.21. The van der Waals surface area contributed by atoms with E-state index in [9.17, 15) is 4.79 Å². The molecule has 2 heteroatoms. The van der Waals surface area contributed by atoms with Crippen LogP contribution >= 0.6 is 0 Å². The van der Waals surface area contributed by atoms with Gasteiger partial charge in [0.15, 0.2) is 5.78 Å². The maximum absolute atomic E-state index is 10.9. The lowest BCUT2D eigenvalue weighted by Gasteiger charge is -2.01. The molecule has 0 spiro atoms. The lowest BCUT2D eigenvalue weighted by atomic mass is 10.1. The van der Waals surface area contributed by atoms with Crippen molar-refractivity contribution in [3.05, 3.63) is 12.7 Å². The van der Waals surface area contributed by atoms with E-state index in [1.807, 2.05) is 18.9 Å². The van der Waals surface area contributed by atoms with Crippen molar-refractivity contribution in [3.8, 4) is 0 Å². The van der Waals surface area contributed by atoms with Crippen molar-refractivity contribution in [3.63, 3.8) is 0 Å². The molecule has 0 radical (unpaired) electrons. The molecule has 9 heavy (non-hydrogen) atoms. The molecule has 2 unspecified atom stereocenters. The summed E-state index contributed by atoms with van der Waals surface area (Å²) in [6.45, 7) is 6.23. The Morgan fingerprint density at radius 3 is 2.44 bits per heavy atom. The van der Waals surface area contributed by atoms with Crippen LogP contribution in [0.5, 0.6) is 0 Å². The zero-order valence-electron chi connectivity index (χ0n) is 5.85. The molecule has 2 atom stereocenters. The second-order valence-corrected chi connectivity index (χ2v) is 2.70. The van der Waals surface area contributed by atoms with E-state index in [2.05, 4.69) is 6.58 Å². The van der Waals surface area contributed by atoms with Gasteiger partial charge in [0.1, 0.15) is 0 Å². The van der Waals surface area contributed by atoms with Crippen LogP contribution in [0.2, 0.25) is 0 Å². The molecule has 50 valence electrons. The summed E-state index contributed by atoms with van der Waals surface area (Å²) in [6.07, 6.45) is 1.39. The van der Waals surface area contributed by atoms with Crippen molar-refractivity contribution in [2.24, 2.45) is 0 Å². The molecule has 0 aromatic rings. The van der Waals surface area contributed by atoms with Crippen LogP contribution in [0, 0.1) is 0 Å². The maximum Gasteiger partial charge on any atom is 0.176 e. The molecular formula is C7H11NO. The summed E-state index contributed by atoms with van der Waals surface area (Å²) in [6, 6.07) is 0. The standard InChI is InChI=1S/C7H11NO/c1-4-6(9)7(2)5-8(7)3/h4H,1,5H2,2-3H3. The Bertz CT molecular complexity index is 164. The average Bonchev–Trinajstić information content (AvgIpc) is 2.41. The maximum atomic E-state index is 10.9. The van der Waals surface area contributed by atoms with Gasteiger partial charge in [0.2, 0.25) is 0 Å². The molecule has 0 bridgehead atoms. The van der Waals surface area contributed by atoms with Gasteiger partial charge in [-0.1, -0.05) is 6.58 Å². The Hall–Kier alpha value is -0.630. The number of hydrogen-bond acceptors (Lipinski definition) is 2. The van der Waals surface area contributed by atoms with Crippen molar-refractivity contribution in [2.45, 2.75) is 12.5 Å². The quantitative estimate of drug-likeness (QED) is 0.394. The highest BCUT2D eigenvalue weighted by Crippen LogP contribution is 2.29. The number of likely N-dealkylation sites (N-methyl/N-ethyl adjacent to an activating group) is 1. The van der Waals surface area contributed by atoms with Crippen LogP contribution in [0.3, 0.4) is 0 Å². The third-order valence-corrected chi connectivity index (χ3v) is 2.00. The van der Waals surface area contributed by atoms with Gasteiger partial charge in [-0.05, 0) is 20.0 Å². The molecule has 1 aliphatic heterocycles. The van der Waals surface area contributed by atoms with Crippen molar-refractivity contribution in [2.75, 3.05) is 13.6 Å². The molecule has 0 aliphatic carbocycles. The fraction of sp³-hybridized carbons (Fsp3) is 0.571. The van der Waals surface area contributed by atoms with Gasteiger partial charge in [-0.15, -0.1) is 0 Å². The van der Waals surface area contributed by atoms with Gasteiger partial charge >= 0.3 is 0 Å². The molecular weight excluding hydrogens is 114 g/mol. The second kappa shape index (κ2) is 1.67. The summed E-state index contributed by atoms with van der Waals surface area (Å²) >= 11 is 0. The predicted molar refractivity (Wildman–Crippen MR) is 36.2 cm³/mol. The van der Waals surface area contributed by atoms with Crippen LogP contribution in [-0.4, -0.2) is 29.8 Å². The van der Waals surface area contributed by atoms with Gasteiger partial charge in [0, 0.05) is 6.54 Å². The van der Waals surface area contributed by atoms with E-state index in [4.69, 9.17) is 0 Å². The third-order valence-electron chi connectivity index (χ3n) is 2.00. The first-order valence-electron chi connectivity index (χ1n) is 2.99. The monoisotopic (exact) mass is 125 g/mol. The summed E-state index contributed by atoms with van der Waals surface area (Å²) in [5, 5.41) is 0. The van der Waals surface area contributed by atoms with E-state index in [1.165, 1.54) is 6.08 Å². The minimum absolute atomic E-state index is 0.130. The molecule has 0 saturated carbocycles. The molecule has 1 fully saturated rings. The van der Waals surface area contributed by atoms with Gasteiger partial charge in [-0.2, -0.15) is 0 Å². The summed E-state index contributed by atoms with van der Waals surface area (Å²) in [7, 11) is 1.93. The Morgan fingerprint density at radius 1 is 1.89 bits per heavy atom. The Morgan fingerprint density at radius 2 is 2.33 bits per heavy atom. The minimum Gasteiger partial charge on any atom is -0.293 e. The van der Waals surface area contributed by atoms with E-state index >= 15 is 0 Å². The first kappa shape index (κ1) is 6.49. The number of carbonyl (C=O) groups is 1. The number of ketones is 1. The number of rotatable bonds is 2. The van der Waals surface area contributed by atoms with E-state index in [0.29, 0.717) is 0 Å². The van der Waals surface area contributed by atoms with Crippen molar-refractivity contribution in [1.29, 1.82) is 0 Å². The molecule has 0 amide bonds. The topological polar surface area (TPSA) is 20.1 Å². The number of nitrogens with zero attached hydrogens (tertiary/aromatic N) is 1. The lowest BCUT2D eigenvalue weighted by molar-refractivity contribution is -0.117. The average molecular weight is 125 g/mol. The summed E-state index contributed by atoms with van der Waals surface area (Å²) < 4.78 is 0. The van der Waals surface area contributed by atoms with Gasteiger partial charge in [-0.25, -0.2) is 0 Å². The van der Waals surface area contributed by atoms with Crippen LogP contribution < -0.4 is 0 Å². The molecule has 0 aromatic carbocycles. The zero-order valence-corrected chi connectivity index (χ0v) is 5.85. The van der Waals surface area contributed by atoms with Crippen LogP contribution in [-0.2, 0) is 4.79 Å². The molecule has 1 aliphatic rings. The van der Waals surface area contributed by atoms with Crippen molar-refractivity contribution < 1.29 is 4.79 Å². The van der Waals surface area contributed by atoms with E-state index < -0.39 is 0 Å². The smallest absolute Gasteiger partial charge is 0.176 e. The van der Waals surface area contributed by atoms with Crippen LogP contribution in [0.1, 0.15) is 6.92 Å². The lowest BCUT2D eigenvalue weighted by Crippen LogP contribution is -2.22. The van der Waals surface area contributed by atoms with Crippen LogP contribution in [0.4, 0.5) is 0 Å². The molecule has 1 heterocycles. The van der Waals surface area contributed by atoms with Gasteiger partial charge < -0.3 is 0 Å². The third kappa shape index (κ3) is 0.793. The van der Waals surface area contributed by atoms with Crippen LogP contribution in [0.25, 0.3) is 0 Å². The fourth-order valence-corrected chi connectivity index (χ4v) is 0.912. The van der Waals surface area contributed by atoms with Gasteiger partial charge in [0.25, 0.3) is 0 Å². The highest BCUT2D eigenvalue weighted by molar-refractivity contribution is 5.99. The largest absolute Gasteiger partial charge is 0.293 e. The summed E-state index contributed by atoms with van der Waals surface area (Å²) in [4.78, 5) is 12.9. The Balaban J connectivity index is 2.64. The number of carbonyl (C=O) groups excluding carboxylic acids is 1. The first-order valence-corrected chi connectivity index (χ1v) is 2.99. The van der Waals surface area contributed by atoms with E-state index in [1.54, 1.807) is 0 Å². The number of hydrogen-bond donors (Lipinski definition) is 0. The molecule has 0 N–H and O–H groups in total. The fourth-order valence-electron chi connectivity index (χ4n) is 0.912. The minimum atomic E-state index is -0.207. The van der Waals surface area contributed by atoms with E-state index in [0.717, 1.165) is 6.54 Å². The highest BCUT2D eigenvalue weighted by Gasteiger charge is 2.49. The van der Waals surface area contributed by atoms with Crippen LogP contribution in [0.15, 0.2) is 12.7 Å². The molecule has 1 saturated heterocycles. The van der Waals surface area contributed by atoms with Crippen molar-refractivity contribution in [1.82, 2.24) is 4.90 Å². The normalized spacial score (nSPS) is 40.0. The molecule has 0 aromatic heterocycles. The first-order chi connectivity index (χ1) is 4.11. The second-order valence-electron chi connectivity index (χ2n) is 2.70. The molecule has 2 nitrogen and oxygen atoms in total.